The predicted molar refractivity (Wildman–Crippen MR) is 108 cm³/mol. The fourth-order valence-corrected chi connectivity index (χ4v) is 3.43. The van der Waals surface area contributed by atoms with Crippen LogP contribution < -0.4 is 10.9 Å². The molecule has 0 spiro atoms. The van der Waals surface area contributed by atoms with E-state index in [0.717, 1.165) is 17.1 Å². The normalized spacial score (nSPS) is 13.4. The smallest absolute Gasteiger partial charge is 0.283 e. The van der Waals surface area contributed by atoms with Crippen LogP contribution in [0.1, 0.15) is 16.9 Å². The van der Waals surface area contributed by atoms with Crippen molar-refractivity contribution in [3.05, 3.63) is 64.6 Å². The van der Waals surface area contributed by atoms with Gasteiger partial charge in [0.2, 0.25) is 5.91 Å². The van der Waals surface area contributed by atoms with Gasteiger partial charge in [-0.25, -0.2) is 14.4 Å². The second-order valence-corrected chi connectivity index (χ2v) is 7.12. The Morgan fingerprint density at radius 1 is 1.16 bits per heavy atom. The largest absolute Gasteiger partial charge is 0.337 e. The van der Waals surface area contributed by atoms with E-state index in [4.69, 9.17) is 0 Å². The number of hydrogen-bond acceptors (Lipinski definition) is 6. The van der Waals surface area contributed by atoms with Crippen molar-refractivity contribution in [3.63, 3.8) is 0 Å². The minimum Gasteiger partial charge on any atom is -0.337 e. The van der Waals surface area contributed by atoms with E-state index < -0.39 is 17.3 Å². The van der Waals surface area contributed by atoms with Crippen molar-refractivity contribution in [1.82, 2.24) is 29.0 Å². The zero-order valence-corrected chi connectivity index (χ0v) is 16.2. The van der Waals surface area contributed by atoms with Gasteiger partial charge >= 0.3 is 0 Å². The molecule has 10 nitrogen and oxygen atoms in total. The van der Waals surface area contributed by atoms with Gasteiger partial charge in [-0.1, -0.05) is 0 Å². The summed E-state index contributed by atoms with van der Waals surface area (Å²) in [5, 5.41) is 7.04. The van der Waals surface area contributed by atoms with Crippen LogP contribution in [0.2, 0.25) is 0 Å². The molecule has 1 aliphatic heterocycles. The zero-order valence-electron chi connectivity index (χ0n) is 16.2. The van der Waals surface area contributed by atoms with Crippen molar-refractivity contribution in [2.75, 3.05) is 18.4 Å². The van der Waals surface area contributed by atoms with Crippen LogP contribution in [0.3, 0.4) is 0 Å². The molecule has 0 aromatic carbocycles. The summed E-state index contributed by atoms with van der Waals surface area (Å²) in [5.41, 5.74) is 0.242. The standard InChI is InChI=1S/C20H16FN7O3/c21-12-4-5-15(23-10-12)24-16(29)11-27-17-9-14(20(31)26-7-2-8-26)25-28(17)19(30)13-3-1-6-22-18(13)27/h1,3-6,9-10H,2,7-8,11H2,(H,23,24,29). The average Bonchev–Trinajstić information content (AvgIpc) is 3.17. The Morgan fingerprint density at radius 2 is 2.00 bits per heavy atom. The van der Waals surface area contributed by atoms with E-state index in [0.29, 0.717) is 13.1 Å². The van der Waals surface area contributed by atoms with Crippen LogP contribution in [0.25, 0.3) is 16.7 Å². The second-order valence-electron chi connectivity index (χ2n) is 7.12. The summed E-state index contributed by atoms with van der Waals surface area (Å²) in [5.74, 6) is -1.07. The number of carbonyl (C=O) groups is 2. The number of halogens is 1. The molecule has 31 heavy (non-hydrogen) atoms. The van der Waals surface area contributed by atoms with Gasteiger partial charge in [0, 0.05) is 25.4 Å². The number of likely N-dealkylation sites (tertiary alicyclic amines) is 1. The molecule has 0 aliphatic carbocycles. The molecule has 0 bridgehead atoms. The Balaban J connectivity index is 1.58. The number of nitrogens with one attached hydrogen (secondary N) is 1. The number of nitrogens with zero attached hydrogens (tertiary/aromatic N) is 6. The number of hydrogen-bond donors (Lipinski definition) is 1. The van der Waals surface area contributed by atoms with Gasteiger partial charge < -0.3 is 14.8 Å². The highest BCUT2D eigenvalue weighted by molar-refractivity contribution is 5.95. The lowest BCUT2D eigenvalue weighted by molar-refractivity contribution is -0.116. The van der Waals surface area contributed by atoms with Gasteiger partial charge in [-0.2, -0.15) is 9.61 Å². The summed E-state index contributed by atoms with van der Waals surface area (Å²) in [4.78, 5) is 47.9. The first-order valence-corrected chi connectivity index (χ1v) is 9.59. The molecule has 4 aromatic heterocycles. The van der Waals surface area contributed by atoms with E-state index >= 15 is 0 Å². The quantitative estimate of drug-likeness (QED) is 0.527. The van der Waals surface area contributed by atoms with Crippen LogP contribution in [0.5, 0.6) is 0 Å². The van der Waals surface area contributed by atoms with Gasteiger partial charge in [0.1, 0.15) is 29.5 Å². The Morgan fingerprint density at radius 3 is 2.71 bits per heavy atom. The van der Waals surface area contributed by atoms with Crippen LogP contribution in [0.4, 0.5) is 10.2 Å². The Bertz CT molecular complexity index is 1390. The topological polar surface area (TPSA) is 114 Å². The summed E-state index contributed by atoms with van der Waals surface area (Å²) in [6, 6.07) is 7.20. The second kappa shape index (κ2) is 7.27. The average molecular weight is 421 g/mol. The van der Waals surface area contributed by atoms with E-state index in [1.165, 1.54) is 29.0 Å². The molecular formula is C20H16FN7O3. The molecule has 5 heterocycles. The number of aromatic nitrogens is 5. The van der Waals surface area contributed by atoms with Gasteiger partial charge in [0.25, 0.3) is 11.5 Å². The highest BCUT2D eigenvalue weighted by Crippen LogP contribution is 2.17. The fraction of sp³-hybridized carbons (Fsp3) is 0.200. The molecule has 1 fully saturated rings. The number of fused-ring (bicyclic) bond motifs is 2. The lowest BCUT2D eigenvalue weighted by atomic mass is 10.2. The third kappa shape index (κ3) is 3.29. The number of amides is 2. The molecule has 0 saturated carbocycles. The Kier molecular flexibility index (Phi) is 4.42. The third-order valence-electron chi connectivity index (χ3n) is 5.09. The van der Waals surface area contributed by atoms with Crippen LogP contribution in [0.15, 0.2) is 47.5 Å². The van der Waals surface area contributed by atoms with Crippen LogP contribution in [-0.2, 0) is 11.3 Å². The van der Waals surface area contributed by atoms with Crippen molar-refractivity contribution in [3.8, 4) is 0 Å². The molecule has 11 heteroatoms. The van der Waals surface area contributed by atoms with Crippen molar-refractivity contribution in [2.45, 2.75) is 13.0 Å². The number of carbonyl (C=O) groups excluding carboxylic acids is 2. The molecule has 1 aliphatic rings. The molecule has 2 amide bonds. The molecule has 4 aromatic rings. The van der Waals surface area contributed by atoms with Crippen molar-refractivity contribution < 1.29 is 14.0 Å². The fourth-order valence-electron chi connectivity index (χ4n) is 3.43. The maximum atomic E-state index is 13.1. The summed E-state index contributed by atoms with van der Waals surface area (Å²) < 4.78 is 15.7. The molecule has 5 rings (SSSR count). The van der Waals surface area contributed by atoms with E-state index in [1.54, 1.807) is 17.0 Å². The first kappa shape index (κ1) is 18.9. The number of pyridine rings is 2. The third-order valence-corrected chi connectivity index (χ3v) is 5.09. The van der Waals surface area contributed by atoms with Crippen LogP contribution in [-0.4, -0.2) is 54.0 Å². The highest BCUT2D eigenvalue weighted by Gasteiger charge is 2.26. The summed E-state index contributed by atoms with van der Waals surface area (Å²) in [7, 11) is 0. The monoisotopic (exact) mass is 421 g/mol. The van der Waals surface area contributed by atoms with Crippen molar-refractivity contribution in [2.24, 2.45) is 0 Å². The maximum absolute atomic E-state index is 13.1. The van der Waals surface area contributed by atoms with Gasteiger partial charge in [0.05, 0.1) is 11.6 Å². The minimum absolute atomic E-state index is 0.126. The molecule has 0 atom stereocenters. The predicted octanol–water partition coefficient (Wildman–Crippen LogP) is 1.06. The molecular weight excluding hydrogens is 405 g/mol. The van der Waals surface area contributed by atoms with Crippen molar-refractivity contribution in [1.29, 1.82) is 0 Å². The van der Waals surface area contributed by atoms with Gasteiger partial charge in [-0.05, 0) is 30.7 Å². The number of rotatable bonds is 4. The lowest BCUT2D eigenvalue weighted by Crippen LogP contribution is -2.42. The van der Waals surface area contributed by atoms with E-state index in [9.17, 15) is 18.8 Å². The van der Waals surface area contributed by atoms with Crippen LogP contribution >= 0.6 is 0 Å². The van der Waals surface area contributed by atoms with Crippen molar-refractivity contribution >= 4 is 34.3 Å². The first-order valence-electron chi connectivity index (χ1n) is 9.59. The molecule has 0 unspecified atom stereocenters. The maximum Gasteiger partial charge on any atom is 0.283 e. The van der Waals surface area contributed by atoms with Gasteiger partial charge in [0.15, 0.2) is 5.69 Å². The highest BCUT2D eigenvalue weighted by atomic mass is 19.1. The Labute approximate surface area is 173 Å². The minimum atomic E-state index is -0.519. The van der Waals surface area contributed by atoms with E-state index in [-0.39, 0.29) is 40.6 Å². The zero-order chi connectivity index (χ0) is 21.5. The van der Waals surface area contributed by atoms with E-state index in [2.05, 4.69) is 20.4 Å². The summed E-state index contributed by atoms with van der Waals surface area (Å²) in [6.07, 6.45) is 3.43. The summed E-state index contributed by atoms with van der Waals surface area (Å²) >= 11 is 0. The molecule has 1 saturated heterocycles. The van der Waals surface area contributed by atoms with Gasteiger partial charge in [-0.3, -0.25) is 14.4 Å². The molecule has 156 valence electrons. The molecule has 1 N–H and O–H groups in total. The lowest BCUT2D eigenvalue weighted by Gasteiger charge is -2.29. The van der Waals surface area contributed by atoms with E-state index in [1.807, 2.05) is 0 Å². The SMILES string of the molecule is O=C(Cn1c2ncccc2c(=O)n2nc(C(=O)N3CCC3)cc12)Nc1ccc(F)cn1. The van der Waals surface area contributed by atoms with Crippen LogP contribution in [0, 0.1) is 5.82 Å². The summed E-state index contributed by atoms with van der Waals surface area (Å²) in [6.45, 7) is 1.07. The van der Waals surface area contributed by atoms with Gasteiger partial charge in [-0.15, -0.1) is 0 Å². The number of anilines is 1. The molecule has 0 radical (unpaired) electrons. The Hall–Kier alpha value is -4.15. The first-order chi connectivity index (χ1) is 15.0.